The van der Waals surface area contributed by atoms with Crippen molar-refractivity contribution in [2.24, 2.45) is 0 Å². The summed E-state index contributed by atoms with van der Waals surface area (Å²) in [6.45, 7) is 2.02. The largest absolute Gasteiger partial charge is 0.361 e. The molecule has 0 bridgehead atoms. The molecule has 0 atom stereocenters. The first kappa shape index (κ1) is 16.4. The minimum atomic E-state index is -0.408. The highest BCUT2D eigenvalue weighted by Gasteiger charge is 2.24. The molecule has 26 heavy (non-hydrogen) atoms. The summed E-state index contributed by atoms with van der Waals surface area (Å²) in [5.74, 6) is -0.206. The lowest BCUT2D eigenvalue weighted by atomic mass is 10.2. The molecule has 0 unspecified atom stereocenters. The number of halogens is 1. The summed E-state index contributed by atoms with van der Waals surface area (Å²) in [5.41, 5.74) is 1.38. The third-order valence-corrected chi connectivity index (χ3v) is 4.91. The first-order chi connectivity index (χ1) is 12.6. The molecule has 1 amide bonds. The molecule has 0 aliphatic heterocycles. The molecule has 7 heteroatoms. The van der Waals surface area contributed by atoms with Gasteiger partial charge in [-0.15, -0.1) is 0 Å². The fourth-order valence-corrected chi connectivity index (χ4v) is 3.59. The van der Waals surface area contributed by atoms with Gasteiger partial charge in [0.1, 0.15) is 17.1 Å². The molecule has 4 aromatic rings. The molecule has 0 radical (unpaired) electrons. The van der Waals surface area contributed by atoms with Crippen molar-refractivity contribution >= 4 is 32.6 Å². The number of thiazole rings is 1. The SMILES string of the molecule is Cc1cc(C(=O)N(Cc2ccccc2)c2nc3c(F)cccc3s2)no1. The van der Waals surface area contributed by atoms with E-state index >= 15 is 0 Å². The van der Waals surface area contributed by atoms with Gasteiger partial charge < -0.3 is 4.52 Å². The molecular formula is C19H14FN3O2S. The molecule has 2 heterocycles. The fraction of sp³-hybridized carbons (Fsp3) is 0.105. The number of carbonyl (C=O) groups is 1. The van der Waals surface area contributed by atoms with Crippen LogP contribution < -0.4 is 4.90 Å². The maximum absolute atomic E-state index is 14.0. The van der Waals surface area contributed by atoms with Gasteiger partial charge in [-0.25, -0.2) is 9.37 Å². The van der Waals surface area contributed by atoms with Crippen molar-refractivity contribution in [3.8, 4) is 0 Å². The van der Waals surface area contributed by atoms with Gasteiger partial charge in [-0.05, 0) is 24.6 Å². The van der Waals surface area contributed by atoms with Crippen LogP contribution in [0.25, 0.3) is 10.2 Å². The number of rotatable bonds is 4. The highest BCUT2D eigenvalue weighted by molar-refractivity contribution is 7.22. The van der Waals surface area contributed by atoms with Gasteiger partial charge in [-0.3, -0.25) is 9.69 Å². The van der Waals surface area contributed by atoms with Gasteiger partial charge in [0, 0.05) is 6.07 Å². The van der Waals surface area contributed by atoms with Crippen LogP contribution in [0.3, 0.4) is 0 Å². The Morgan fingerprint density at radius 1 is 1.19 bits per heavy atom. The predicted molar refractivity (Wildman–Crippen MR) is 97.8 cm³/mol. The molecule has 0 aliphatic carbocycles. The number of hydrogen-bond donors (Lipinski definition) is 0. The second-order valence-electron chi connectivity index (χ2n) is 5.78. The highest BCUT2D eigenvalue weighted by Crippen LogP contribution is 2.32. The minimum Gasteiger partial charge on any atom is -0.361 e. The molecule has 0 fully saturated rings. The molecule has 0 aliphatic rings. The number of amides is 1. The molecule has 4 rings (SSSR count). The Balaban J connectivity index is 1.78. The predicted octanol–water partition coefficient (Wildman–Crippen LogP) is 4.58. The zero-order chi connectivity index (χ0) is 18.1. The van der Waals surface area contributed by atoms with Gasteiger partial charge in [-0.1, -0.05) is 52.9 Å². The van der Waals surface area contributed by atoms with Crippen molar-refractivity contribution in [2.75, 3.05) is 4.90 Å². The quantitative estimate of drug-likeness (QED) is 0.530. The van der Waals surface area contributed by atoms with Gasteiger partial charge in [0.2, 0.25) is 0 Å². The number of aromatic nitrogens is 2. The van der Waals surface area contributed by atoms with Crippen LogP contribution in [0.5, 0.6) is 0 Å². The summed E-state index contributed by atoms with van der Waals surface area (Å²) in [6.07, 6.45) is 0. The van der Waals surface area contributed by atoms with Gasteiger partial charge in [0.25, 0.3) is 5.91 Å². The molecular weight excluding hydrogens is 353 g/mol. The Labute approximate surface area is 152 Å². The molecule has 0 spiro atoms. The Morgan fingerprint density at radius 3 is 2.69 bits per heavy atom. The van der Waals surface area contributed by atoms with Crippen LogP contribution in [-0.4, -0.2) is 16.0 Å². The zero-order valence-corrected chi connectivity index (χ0v) is 14.7. The number of anilines is 1. The van der Waals surface area contributed by atoms with Crippen LogP contribution in [0, 0.1) is 12.7 Å². The van der Waals surface area contributed by atoms with Gasteiger partial charge >= 0.3 is 0 Å². The first-order valence-electron chi connectivity index (χ1n) is 7.96. The zero-order valence-electron chi connectivity index (χ0n) is 13.8. The van der Waals surface area contributed by atoms with Crippen molar-refractivity contribution in [2.45, 2.75) is 13.5 Å². The van der Waals surface area contributed by atoms with E-state index < -0.39 is 5.82 Å². The number of carbonyl (C=O) groups excluding carboxylic acids is 1. The molecule has 130 valence electrons. The molecule has 5 nitrogen and oxygen atoms in total. The maximum atomic E-state index is 14.0. The first-order valence-corrected chi connectivity index (χ1v) is 8.77. The summed E-state index contributed by atoms with van der Waals surface area (Å²) in [4.78, 5) is 18.9. The number of nitrogens with zero attached hydrogens (tertiary/aromatic N) is 3. The fourth-order valence-electron chi connectivity index (χ4n) is 2.62. The van der Waals surface area contributed by atoms with E-state index in [-0.39, 0.29) is 17.1 Å². The standard InChI is InChI=1S/C19H14FN3O2S/c1-12-10-15(22-25-12)18(24)23(11-13-6-3-2-4-7-13)19-21-17-14(20)8-5-9-16(17)26-19/h2-10H,11H2,1H3. The normalized spacial score (nSPS) is 11.0. The number of para-hydroxylation sites is 1. The van der Waals surface area contributed by atoms with Gasteiger partial charge in [-0.2, -0.15) is 0 Å². The van der Waals surface area contributed by atoms with Crippen molar-refractivity contribution in [3.63, 3.8) is 0 Å². The van der Waals surface area contributed by atoms with Crippen molar-refractivity contribution in [3.05, 3.63) is 77.4 Å². The van der Waals surface area contributed by atoms with Gasteiger partial charge in [0.15, 0.2) is 10.8 Å². The molecule has 0 N–H and O–H groups in total. The van der Waals surface area contributed by atoms with Gasteiger partial charge in [0.05, 0.1) is 11.2 Å². The Morgan fingerprint density at radius 2 is 2.00 bits per heavy atom. The van der Waals surface area contributed by atoms with E-state index in [4.69, 9.17) is 4.52 Å². The second-order valence-corrected chi connectivity index (χ2v) is 6.79. The van der Waals surface area contributed by atoms with Crippen LogP contribution in [0.1, 0.15) is 21.8 Å². The minimum absolute atomic E-state index is 0.193. The number of aryl methyl sites for hydroxylation is 1. The number of hydrogen-bond acceptors (Lipinski definition) is 5. The van der Waals surface area contributed by atoms with Crippen LogP contribution in [-0.2, 0) is 6.54 Å². The Hall–Kier alpha value is -3.06. The van der Waals surface area contributed by atoms with E-state index in [0.29, 0.717) is 22.1 Å². The van der Waals surface area contributed by atoms with E-state index in [9.17, 15) is 9.18 Å². The average Bonchev–Trinajstić information content (AvgIpc) is 3.27. The summed E-state index contributed by atoms with van der Waals surface area (Å²) in [7, 11) is 0. The summed E-state index contributed by atoms with van der Waals surface area (Å²) in [6, 6.07) is 15.9. The van der Waals surface area contributed by atoms with E-state index in [1.807, 2.05) is 30.3 Å². The molecule has 0 saturated heterocycles. The second kappa shape index (κ2) is 6.68. The molecule has 0 saturated carbocycles. The monoisotopic (exact) mass is 367 g/mol. The van der Waals surface area contributed by atoms with E-state index in [1.54, 1.807) is 25.1 Å². The van der Waals surface area contributed by atoms with Crippen molar-refractivity contribution in [1.82, 2.24) is 10.1 Å². The topological polar surface area (TPSA) is 59.2 Å². The third kappa shape index (κ3) is 3.09. The highest BCUT2D eigenvalue weighted by atomic mass is 32.1. The summed E-state index contributed by atoms with van der Waals surface area (Å²) < 4.78 is 19.7. The average molecular weight is 367 g/mol. The Kier molecular flexibility index (Phi) is 4.22. The van der Waals surface area contributed by atoms with E-state index in [0.717, 1.165) is 5.56 Å². The lowest BCUT2D eigenvalue weighted by Gasteiger charge is -2.18. The Bertz CT molecular complexity index is 1070. The summed E-state index contributed by atoms with van der Waals surface area (Å²) >= 11 is 1.26. The van der Waals surface area contributed by atoms with E-state index in [1.165, 1.54) is 22.3 Å². The smallest absolute Gasteiger partial charge is 0.282 e. The molecule has 2 aromatic carbocycles. The van der Waals surface area contributed by atoms with Crippen LogP contribution in [0.4, 0.5) is 9.52 Å². The van der Waals surface area contributed by atoms with E-state index in [2.05, 4.69) is 10.1 Å². The lowest BCUT2D eigenvalue weighted by Crippen LogP contribution is -2.30. The van der Waals surface area contributed by atoms with Crippen LogP contribution >= 0.6 is 11.3 Å². The number of fused-ring (bicyclic) bond motifs is 1. The molecule has 2 aromatic heterocycles. The third-order valence-electron chi connectivity index (χ3n) is 3.87. The summed E-state index contributed by atoms with van der Waals surface area (Å²) in [5, 5.41) is 4.23. The van der Waals surface area contributed by atoms with Crippen LogP contribution in [0.2, 0.25) is 0 Å². The van der Waals surface area contributed by atoms with Crippen molar-refractivity contribution in [1.29, 1.82) is 0 Å². The van der Waals surface area contributed by atoms with Crippen LogP contribution in [0.15, 0.2) is 59.1 Å². The number of benzene rings is 2. The maximum Gasteiger partial charge on any atom is 0.282 e. The van der Waals surface area contributed by atoms with Crippen molar-refractivity contribution < 1.29 is 13.7 Å². The lowest BCUT2D eigenvalue weighted by molar-refractivity contribution is 0.0976.